The van der Waals surface area contributed by atoms with Crippen LogP contribution in [0.25, 0.3) is 11.1 Å². The number of benzene rings is 2. The van der Waals surface area contributed by atoms with Gasteiger partial charge in [-0.3, -0.25) is 14.5 Å². The number of rotatable bonds is 4. The maximum atomic E-state index is 13.6. The monoisotopic (exact) mass is 427 g/mol. The lowest BCUT2D eigenvalue weighted by atomic mass is 9.93. The fourth-order valence-electron chi connectivity index (χ4n) is 3.37. The van der Waals surface area contributed by atoms with Gasteiger partial charge in [0.15, 0.2) is 0 Å². The number of aryl methyl sites for hydroxylation is 1. The Kier molecular flexibility index (Phi) is 5.58. The van der Waals surface area contributed by atoms with Gasteiger partial charge >= 0.3 is 0 Å². The zero-order valence-electron chi connectivity index (χ0n) is 16.0. The molecule has 2 heterocycles. The second kappa shape index (κ2) is 8.14. The highest BCUT2D eigenvalue weighted by Crippen LogP contribution is 2.35. The summed E-state index contributed by atoms with van der Waals surface area (Å²) in [6.45, 7) is 3.23. The second-order valence-electron chi connectivity index (χ2n) is 6.76. The zero-order valence-corrected chi connectivity index (χ0v) is 17.6. The molecule has 29 heavy (non-hydrogen) atoms. The van der Waals surface area contributed by atoms with Gasteiger partial charge in [0, 0.05) is 47.4 Å². The van der Waals surface area contributed by atoms with E-state index in [1.54, 1.807) is 35.7 Å². The van der Waals surface area contributed by atoms with Crippen LogP contribution >= 0.6 is 23.5 Å². The summed E-state index contributed by atoms with van der Waals surface area (Å²) in [7, 11) is 1.74. The standard InChI is InChI=1S/C22H19ClFN3OS/c1-3-26-29-15-5-7-16-18(10-15)19-12-27(2)21(28)8-13(19)11-25-22(16)17-6-4-14(24)9-20(17)23/h4-10,12,26H,3,11H2,1-2H3. The van der Waals surface area contributed by atoms with E-state index in [2.05, 4.69) is 10.8 Å². The first-order chi connectivity index (χ1) is 14.0. The molecule has 1 N–H and O–H groups in total. The molecule has 0 bridgehead atoms. The molecule has 0 fully saturated rings. The van der Waals surface area contributed by atoms with Gasteiger partial charge in [-0.1, -0.05) is 24.6 Å². The Morgan fingerprint density at radius 3 is 2.69 bits per heavy atom. The minimum Gasteiger partial charge on any atom is -0.318 e. The summed E-state index contributed by atoms with van der Waals surface area (Å²) in [4.78, 5) is 18.0. The highest BCUT2D eigenvalue weighted by Gasteiger charge is 2.22. The molecule has 1 aromatic heterocycles. The number of aliphatic imine (C=N–C) groups is 1. The molecule has 4 nitrogen and oxygen atoms in total. The number of pyridine rings is 1. The molecule has 7 heteroatoms. The molecule has 1 aliphatic rings. The third-order valence-corrected chi connectivity index (χ3v) is 6.01. The lowest BCUT2D eigenvalue weighted by molar-refractivity contribution is 0.628. The largest absolute Gasteiger partial charge is 0.318 e. The van der Waals surface area contributed by atoms with Crippen LogP contribution in [0.3, 0.4) is 0 Å². The minimum absolute atomic E-state index is 0.0815. The summed E-state index contributed by atoms with van der Waals surface area (Å²) in [5, 5.41) is 0.307. The molecule has 4 rings (SSSR count). The van der Waals surface area contributed by atoms with Crippen molar-refractivity contribution < 1.29 is 4.39 Å². The topological polar surface area (TPSA) is 46.4 Å². The Morgan fingerprint density at radius 1 is 1.14 bits per heavy atom. The average Bonchev–Trinajstić information content (AvgIpc) is 2.84. The second-order valence-corrected chi connectivity index (χ2v) is 8.13. The van der Waals surface area contributed by atoms with E-state index in [0.29, 0.717) is 22.8 Å². The van der Waals surface area contributed by atoms with Crippen molar-refractivity contribution in [2.75, 3.05) is 6.54 Å². The number of fused-ring (bicyclic) bond motifs is 3. The number of aromatic nitrogens is 1. The van der Waals surface area contributed by atoms with E-state index in [9.17, 15) is 9.18 Å². The van der Waals surface area contributed by atoms with Gasteiger partial charge < -0.3 is 4.57 Å². The van der Waals surface area contributed by atoms with Gasteiger partial charge in [-0.15, -0.1) is 0 Å². The first-order valence-electron chi connectivity index (χ1n) is 9.22. The maximum absolute atomic E-state index is 13.6. The summed E-state index contributed by atoms with van der Waals surface area (Å²) in [5.41, 5.74) is 4.96. The van der Waals surface area contributed by atoms with Crippen molar-refractivity contribution in [1.82, 2.24) is 9.29 Å². The van der Waals surface area contributed by atoms with Crippen LogP contribution in [-0.4, -0.2) is 16.8 Å². The van der Waals surface area contributed by atoms with Crippen molar-refractivity contribution in [2.24, 2.45) is 12.0 Å². The lowest BCUT2D eigenvalue weighted by Crippen LogP contribution is -2.16. The van der Waals surface area contributed by atoms with Crippen molar-refractivity contribution in [3.8, 4) is 11.1 Å². The van der Waals surface area contributed by atoms with Gasteiger partial charge in [-0.05, 0) is 53.4 Å². The van der Waals surface area contributed by atoms with E-state index in [1.165, 1.54) is 12.1 Å². The molecular formula is C22H19ClFN3OS. The highest BCUT2D eigenvalue weighted by atomic mass is 35.5. The van der Waals surface area contributed by atoms with Crippen LogP contribution < -0.4 is 10.3 Å². The number of halogens is 2. The van der Waals surface area contributed by atoms with Gasteiger partial charge in [-0.25, -0.2) is 4.39 Å². The normalized spacial score (nSPS) is 12.8. The molecule has 0 spiro atoms. The van der Waals surface area contributed by atoms with Crippen molar-refractivity contribution in [2.45, 2.75) is 18.4 Å². The third kappa shape index (κ3) is 3.88. The van der Waals surface area contributed by atoms with Crippen LogP contribution in [-0.2, 0) is 13.6 Å². The summed E-state index contributed by atoms with van der Waals surface area (Å²) >= 11 is 7.91. The van der Waals surface area contributed by atoms with E-state index < -0.39 is 5.82 Å². The van der Waals surface area contributed by atoms with Crippen LogP contribution in [0.5, 0.6) is 0 Å². The Balaban J connectivity index is 1.96. The Morgan fingerprint density at radius 2 is 1.93 bits per heavy atom. The molecule has 0 radical (unpaired) electrons. The molecule has 0 saturated heterocycles. The average molecular weight is 428 g/mol. The predicted octanol–water partition coefficient (Wildman–Crippen LogP) is 4.81. The third-order valence-electron chi connectivity index (χ3n) is 4.78. The molecule has 2 aromatic carbocycles. The molecule has 148 valence electrons. The van der Waals surface area contributed by atoms with Gasteiger partial charge in [-0.2, -0.15) is 0 Å². The van der Waals surface area contributed by atoms with Crippen molar-refractivity contribution in [1.29, 1.82) is 0 Å². The quantitative estimate of drug-likeness (QED) is 0.607. The minimum atomic E-state index is -0.392. The number of hydrogen-bond donors (Lipinski definition) is 1. The van der Waals surface area contributed by atoms with E-state index in [-0.39, 0.29) is 5.56 Å². The fourth-order valence-corrected chi connectivity index (χ4v) is 4.26. The van der Waals surface area contributed by atoms with Crippen LogP contribution in [0.2, 0.25) is 5.02 Å². The Hall–Kier alpha value is -2.41. The van der Waals surface area contributed by atoms with E-state index in [1.807, 2.05) is 25.3 Å². The van der Waals surface area contributed by atoms with Crippen LogP contribution in [0.4, 0.5) is 4.39 Å². The number of nitrogens with zero attached hydrogens (tertiary/aromatic N) is 2. The summed E-state index contributed by atoms with van der Waals surface area (Å²) < 4.78 is 18.4. The summed E-state index contributed by atoms with van der Waals surface area (Å²) in [6, 6.07) is 12.1. The SMILES string of the molecule is CCNSc1ccc2c(c1)-c1cn(C)c(=O)cc1CN=C2c1ccc(F)cc1Cl. The van der Waals surface area contributed by atoms with E-state index in [0.717, 1.165) is 33.7 Å². The van der Waals surface area contributed by atoms with Gasteiger partial charge in [0.1, 0.15) is 5.82 Å². The van der Waals surface area contributed by atoms with Gasteiger partial charge in [0.05, 0.1) is 17.3 Å². The fraction of sp³-hybridized carbons (Fsp3) is 0.182. The molecule has 0 amide bonds. The summed E-state index contributed by atoms with van der Waals surface area (Å²) in [6.07, 6.45) is 1.85. The van der Waals surface area contributed by atoms with Gasteiger partial charge in [0.25, 0.3) is 5.56 Å². The zero-order chi connectivity index (χ0) is 20.5. The lowest BCUT2D eigenvalue weighted by Gasteiger charge is -2.15. The predicted molar refractivity (Wildman–Crippen MR) is 117 cm³/mol. The molecule has 1 aliphatic heterocycles. The van der Waals surface area contributed by atoms with Gasteiger partial charge in [0.2, 0.25) is 0 Å². The summed E-state index contributed by atoms with van der Waals surface area (Å²) in [5.74, 6) is -0.392. The van der Waals surface area contributed by atoms with Crippen molar-refractivity contribution >= 4 is 29.3 Å². The molecule has 0 aliphatic carbocycles. The Bertz CT molecular complexity index is 1190. The van der Waals surface area contributed by atoms with E-state index >= 15 is 0 Å². The smallest absolute Gasteiger partial charge is 0.250 e. The number of nitrogens with one attached hydrogen (secondary N) is 1. The maximum Gasteiger partial charge on any atom is 0.250 e. The highest BCUT2D eigenvalue weighted by molar-refractivity contribution is 7.97. The Labute approximate surface area is 177 Å². The van der Waals surface area contributed by atoms with Crippen LogP contribution in [0.15, 0.2) is 63.3 Å². The van der Waals surface area contributed by atoms with Crippen molar-refractivity contribution in [3.63, 3.8) is 0 Å². The molecule has 0 saturated carbocycles. The molecule has 0 unspecified atom stereocenters. The van der Waals surface area contributed by atoms with E-state index in [4.69, 9.17) is 16.6 Å². The van der Waals surface area contributed by atoms with Crippen LogP contribution in [0, 0.1) is 5.82 Å². The molecular weight excluding hydrogens is 409 g/mol. The molecule has 3 aromatic rings. The molecule has 0 atom stereocenters. The van der Waals surface area contributed by atoms with Crippen LogP contribution in [0.1, 0.15) is 23.6 Å². The van der Waals surface area contributed by atoms with Crippen molar-refractivity contribution in [3.05, 3.63) is 86.5 Å². The first kappa shape index (κ1) is 19.9. The first-order valence-corrected chi connectivity index (χ1v) is 10.4. The number of hydrogen-bond acceptors (Lipinski definition) is 4.